The number of rotatable bonds is 7. The number of hydrogen-bond acceptors (Lipinski definition) is 3. The van der Waals surface area contributed by atoms with Crippen molar-refractivity contribution in [1.82, 2.24) is 10.2 Å². The molecule has 0 spiro atoms. The van der Waals surface area contributed by atoms with Crippen LogP contribution in [0.1, 0.15) is 35.0 Å². The van der Waals surface area contributed by atoms with Gasteiger partial charge in [0.05, 0.1) is 12.6 Å². The van der Waals surface area contributed by atoms with E-state index in [4.69, 9.17) is 0 Å². The summed E-state index contributed by atoms with van der Waals surface area (Å²) in [5.74, 6) is -2.39. The van der Waals surface area contributed by atoms with Gasteiger partial charge in [0.2, 0.25) is 5.91 Å². The third kappa shape index (κ3) is 5.25. The lowest BCUT2D eigenvalue weighted by atomic mass is 10.0. The maximum absolute atomic E-state index is 13.5. The molecule has 3 aromatic rings. The van der Waals surface area contributed by atoms with E-state index in [9.17, 15) is 18.0 Å². The minimum atomic E-state index is -0.915. The molecule has 2 aromatic carbocycles. The molecule has 0 aliphatic rings. The molecule has 0 aliphatic carbocycles. The fraction of sp³-hybridized carbons (Fsp3) is 0.227. The Labute approximate surface area is 171 Å². The number of nitrogens with one attached hydrogen (secondary N) is 1. The van der Waals surface area contributed by atoms with Gasteiger partial charge >= 0.3 is 0 Å². The van der Waals surface area contributed by atoms with Gasteiger partial charge in [0.15, 0.2) is 11.6 Å². The number of hydrogen-bond donors (Lipinski definition) is 1. The van der Waals surface area contributed by atoms with Gasteiger partial charge in [0.25, 0.3) is 0 Å². The molecule has 0 saturated carbocycles. The van der Waals surface area contributed by atoms with Crippen LogP contribution in [-0.4, -0.2) is 24.4 Å². The lowest BCUT2D eigenvalue weighted by molar-refractivity contribution is -0.122. The Morgan fingerprint density at radius 2 is 1.72 bits per heavy atom. The minimum absolute atomic E-state index is 0.0588. The van der Waals surface area contributed by atoms with Gasteiger partial charge in [-0.2, -0.15) is 0 Å². The average molecular weight is 418 g/mol. The van der Waals surface area contributed by atoms with Crippen LogP contribution in [-0.2, 0) is 4.79 Å². The first-order valence-corrected chi connectivity index (χ1v) is 9.96. The van der Waals surface area contributed by atoms with Crippen molar-refractivity contribution in [3.8, 4) is 0 Å². The van der Waals surface area contributed by atoms with E-state index in [0.29, 0.717) is 5.56 Å². The van der Waals surface area contributed by atoms with Gasteiger partial charge in [-0.1, -0.05) is 24.3 Å². The second-order valence-corrected chi connectivity index (χ2v) is 7.81. The molecular weight excluding hydrogens is 397 g/mol. The molecule has 0 saturated heterocycles. The number of halogens is 3. The number of likely N-dealkylation sites (N-methyl/N-ethyl adjacent to an activating group) is 1. The molecule has 0 bridgehead atoms. The molecule has 29 heavy (non-hydrogen) atoms. The Bertz CT molecular complexity index is 961. The Kier molecular flexibility index (Phi) is 6.71. The van der Waals surface area contributed by atoms with Crippen molar-refractivity contribution < 1.29 is 18.0 Å². The number of carbonyl (C=O) groups is 1. The Balaban J connectivity index is 1.71. The van der Waals surface area contributed by atoms with E-state index in [0.717, 1.165) is 22.6 Å². The summed E-state index contributed by atoms with van der Waals surface area (Å²) in [4.78, 5) is 15.4. The zero-order chi connectivity index (χ0) is 21.0. The molecule has 1 amide bonds. The second kappa shape index (κ2) is 9.24. The largest absolute Gasteiger partial charge is 0.343 e. The predicted molar refractivity (Wildman–Crippen MR) is 108 cm³/mol. The van der Waals surface area contributed by atoms with Gasteiger partial charge in [-0.15, -0.1) is 11.3 Å². The van der Waals surface area contributed by atoms with Crippen LogP contribution in [0.2, 0.25) is 0 Å². The van der Waals surface area contributed by atoms with E-state index in [1.807, 2.05) is 24.4 Å². The summed E-state index contributed by atoms with van der Waals surface area (Å²) < 4.78 is 40.0. The molecule has 3 nitrogen and oxygen atoms in total. The fourth-order valence-electron chi connectivity index (χ4n) is 3.03. The summed E-state index contributed by atoms with van der Waals surface area (Å²) in [7, 11) is 1.74. The first-order chi connectivity index (χ1) is 13.8. The highest BCUT2D eigenvalue weighted by molar-refractivity contribution is 7.10. The second-order valence-electron chi connectivity index (χ2n) is 6.83. The molecule has 1 aromatic heterocycles. The van der Waals surface area contributed by atoms with E-state index in [-0.39, 0.29) is 24.3 Å². The molecule has 7 heteroatoms. The molecule has 2 atom stereocenters. The highest BCUT2D eigenvalue weighted by Gasteiger charge is 2.21. The standard InChI is InChI=1S/C22H21F3N2OS/c1-14(16-7-10-18(24)19(25)12-16)27(2)13-21(28)26-22(20-4-3-11-29-20)15-5-8-17(23)9-6-15/h3-12,14,22H,13H2,1-2H3,(H,26,28). The zero-order valence-electron chi connectivity index (χ0n) is 16.0. The average Bonchev–Trinajstić information content (AvgIpc) is 3.23. The molecule has 152 valence electrons. The van der Waals surface area contributed by atoms with Crippen molar-refractivity contribution in [3.63, 3.8) is 0 Å². The molecule has 3 rings (SSSR count). The third-order valence-electron chi connectivity index (χ3n) is 4.82. The van der Waals surface area contributed by atoms with Crippen LogP contribution in [0.3, 0.4) is 0 Å². The van der Waals surface area contributed by atoms with E-state index in [2.05, 4.69) is 5.32 Å². The topological polar surface area (TPSA) is 32.3 Å². The lowest BCUT2D eigenvalue weighted by Crippen LogP contribution is -2.38. The number of carbonyl (C=O) groups excluding carboxylic acids is 1. The van der Waals surface area contributed by atoms with Crippen LogP contribution in [0, 0.1) is 17.5 Å². The summed E-state index contributed by atoms with van der Waals surface area (Å²) in [5.41, 5.74) is 1.35. The number of nitrogens with zero attached hydrogens (tertiary/aromatic N) is 1. The predicted octanol–water partition coefficient (Wildman–Crippen LogP) is 5.06. The molecular formula is C22H21F3N2OS. The van der Waals surface area contributed by atoms with Gasteiger partial charge in [-0.25, -0.2) is 13.2 Å². The molecule has 2 unspecified atom stereocenters. The normalized spacial score (nSPS) is 13.3. The maximum Gasteiger partial charge on any atom is 0.234 e. The Morgan fingerprint density at radius 1 is 1.03 bits per heavy atom. The number of thiophene rings is 1. The highest BCUT2D eigenvalue weighted by atomic mass is 32.1. The van der Waals surface area contributed by atoms with Crippen LogP contribution >= 0.6 is 11.3 Å². The molecule has 1 N–H and O–H groups in total. The maximum atomic E-state index is 13.5. The van der Waals surface area contributed by atoms with E-state index >= 15 is 0 Å². The summed E-state index contributed by atoms with van der Waals surface area (Å²) in [6.45, 7) is 1.87. The monoisotopic (exact) mass is 418 g/mol. The van der Waals surface area contributed by atoms with Crippen molar-refractivity contribution in [2.24, 2.45) is 0 Å². The molecule has 0 radical (unpaired) electrons. The van der Waals surface area contributed by atoms with Crippen LogP contribution in [0.15, 0.2) is 60.0 Å². The quantitative estimate of drug-likeness (QED) is 0.581. The van der Waals surface area contributed by atoms with Crippen LogP contribution in [0.4, 0.5) is 13.2 Å². The summed E-state index contributed by atoms with van der Waals surface area (Å²) >= 11 is 1.50. The summed E-state index contributed by atoms with van der Waals surface area (Å²) in [5, 5.41) is 4.90. The fourth-order valence-corrected chi connectivity index (χ4v) is 3.83. The number of benzene rings is 2. The molecule has 1 heterocycles. The van der Waals surface area contributed by atoms with Gasteiger partial charge in [0, 0.05) is 10.9 Å². The van der Waals surface area contributed by atoms with Gasteiger partial charge < -0.3 is 5.32 Å². The Morgan fingerprint density at radius 3 is 2.34 bits per heavy atom. The summed E-state index contributed by atoms with van der Waals surface area (Å²) in [6, 6.07) is 12.9. The lowest BCUT2D eigenvalue weighted by Gasteiger charge is -2.26. The summed E-state index contributed by atoms with van der Waals surface area (Å²) in [6.07, 6.45) is 0. The van der Waals surface area contributed by atoms with E-state index < -0.39 is 17.7 Å². The first-order valence-electron chi connectivity index (χ1n) is 9.08. The molecule has 0 fully saturated rings. The SMILES string of the molecule is CC(c1ccc(F)c(F)c1)N(C)CC(=O)NC(c1ccc(F)cc1)c1cccs1. The van der Waals surface area contributed by atoms with Crippen molar-refractivity contribution in [3.05, 3.63) is 93.4 Å². The number of amides is 1. The highest BCUT2D eigenvalue weighted by Crippen LogP contribution is 2.26. The van der Waals surface area contributed by atoms with E-state index in [1.165, 1.54) is 29.5 Å². The van der Waals surface area contributed by atoms with Crippen LogP contribution < -0.4 is 5.32 Å². The first kappa shape index (κ1) is 21.1. The van der Waals surface area contributed by atoms with Gasteiger partial charge in [-0.05, 0) is 60.8 Å². The Hall–Kier alpha value is -2.64. The van der Waals surface area contributed by atoms with Crippen LogP contribution in [0.5, 0.6) is 0 Å². The van der Waals surface area contributed by atoms with Crippen molar-refractivity contribution >= 4 is 17.2 Å². The van der Waals surface area contributed by atoms with Crippen molar-refractivity contribution in [1.29, 1.82) is 0 Å². The van der Waals surface area contributed by atoms with Crippen molar-refractivity contribution in [2.75, 3.05) is 13.6 Å². The van der Waals surface area contributed by atoms with Gasteiger partial charge in [-0.3, -0.25) is 9.69 Å². The van der Waals surface area contributed by atoms with Crippen LogP contribution in [0.25, 0.3) is 0 Å². The smallest absolute Gasteiger partial charge is 0.234 e. The van der Waals surface area contributed by atoms with Crippen molar-refractivity contribution in [2.45, 2.75) is 19.0 Å². The third-order valence-corrected chi connectivity index (χ3v) is 5.75. The minimum Gasteiger partial charge on any atom is -0.343 e. The zero-order valence-corrected chi connectivity index (χ0v) is 16.8. The van der Waals surface area contributed by atoms with E-state index in [1.54, 1.807) is 24.1 Å². The molecule has 0 aliphatic heterocycles. The van der Waals surface area contributed by atoms with Gasteiger partial charge in [0.1, 0.15) is 5.82 Å².